The zero-order valence-electron chi connectivity index (χ0n) is 20.3. The van der Waals surface area contributed by atoms with Gasteiger partial charge in [0.15, 0.2) is 0 Å². The SMILES string of the molecule is COC1(c2ccccc2)CCc2c(Sc3cccc4c3CCC4(OC)c3ccccc3)cccc21. The Morgan fingerprint density at radius 2 is 0.971 bits per heavy atom. The van der Waals surface area contributed by atoms with Crippen molar-refractivity contribution < 1.29 is 9.47 Å². The lowest BCUT2D eigenvalue weighted by Gasteiger charge is -2.30. The van der Waals surface area contributed by atoms with E-state index in [0.29, 0.717) is 0 Å². The van der Waals surface area contributed by atoms with Gasteiger partial charge in [-0.25, -0.2) is 0 Å². The van der Waals surface area contributed by atoms with Crippen LogP contribution in [-0.4, -0.2) is 14.2 Å². The molecule has 176 valence electrons. The van der Waals surface area contributed by atoms with Crippen molar-refractivity contribution in [1.29, 1.82) is 0 Å². The predicted molar refractivity (Wildman–Crippen MR) is 142 cm³/mol. The van der Waals surface area contributed by atoms with Gasteiger partial charge in [-0.3, -0.25) is 0 Å². The minimum absolute atomic E-state index is 0.371. The second-order valence-electron chi connectivity index (χ2n) is 9.46. The molecule has 2 unspecified atom stereocenters. The van der Waals surface area contributed by atoms with Gasteiger partial charge < -0.3 is 9.47 Å². The number of hydrogen-bond donors (Lipinski definition) is 0. The average molecular weight is 479 g/mol. The number of rotatable bonds is 6. The topological polar surface area (TPSA) is 18.5 Å². The first-order valence-electron chi connectivity index (χ1n) is 12.4. The molecule has 0 aliphatic heterocycles. The maximum atomic E-state index is 6.26. The second kappa shape index (κ2) is 8.98. The molecule has 2 atom stereocenters. The Bertz CT molecular complexity index is 1250. The van der Waals surface area contributed by atoms with Crippen molar-refractivity contribution in [1.82, 2.24) is 0 Å². The van der Waals surface area contributed by atoms with Crippen molar-refractivity contribution in [2.24, 2.45) is 0 Å². The molecule has 4 aromatic rings. The Labute approximate surface area is 212 Å². The normalized spacial score (nSPS) is 22.7. The van der Waals surface area contributed by atoms with Gasteiger partial charge in [-0.15, -0.1) is 0 Å². The molecule has 0 radical (unpaired) electrons. The van der Waals surface area contributed by atoms with Crippen LogP contribution in [0.3, 0.4) is 0 Å². The van der Waals surface area contributed by atoms with Gasteiger partial charge in [-0.1, -0.05) is 96.7 Å². The zero-order valence-corrected chi connectivity index (χ0v) is 21.1. The van der Waals surface area contributed by atoms with Gasteiger partial charge in [0.1, 0.15) is 11.2 Å². The Kier molecular flexibility index (Phi) is 5.80. The summed E-state index contributed by atoms with van der Waals surface area (Å²) < 4.78 is 12.5. The third-order valence-corrected chi connectivity index (χ3v) is 9.19. The lowest BCUT2D eigenvalue weighted by atomic mass is 9.87. The van der Waals surface area contributed by atoms with Crippen LogP contribution in [0.15, 0.2) is 107 Å². The molecule has 0 saturated carbocycles. The molecular formula is C32H30O2S. The molecule has 0 fully saturated rings. The van der Waals surface area contributed by atoms with Crippen molar-refractivity contribution >= 4 is 11.8 Å². The van der Waals surface area contributed by atoms with Crippen LogP contribution in [0, 0.1) is 0 Å². The minimum atomic E-state index is -0.371. The van der Waals surface area contributed by atoms with Crippen LogP contribution >= 0.6 is 11.8 Å². The predicted octanol–water partition coefficient (Wildman–Crippen LogP) is 7.51. The van der Waals surface area contributed by atoms with Gasteiger partial charge in [0.2, 0.25) is 0 Å². The molecule has 3 heteroatoms. The first-order valence-corrected chi connectivity index (χ1v) is 13.2. The van der Waals surface area contributed by atoms with Gasteiger partial charge in [0.05, 0.1) is 0 Å². The van der Waals surface area contributed by atoms with E-state index in [1.165, 1.54) is 43.2 Å². The Morgan fingerprint density at radius 1 is 0.543 bits per heavy atom. The van der Waals surface area contributed by atoms with E-state index in [2.05, 4.69) is 97.1 Å². The minimum Gasteiger partial charge on any atom is -0.369 e. The van der Waals surface area contributed by atoms with Gasteiger partial charge in [-0.05, 0) is 71.2 Å². The number of methoxy groups -OCH3 is 2. The third kappa shape index (κ3) is 3.48. The highest BCUT2D eigenvalue weighted by atomic mass is 32.2. The fourth-order valence-corrected chi connectivity index (χ4v) is 7.46. The van der Waals surface area contributed by atoms with Crippen LogP contribution in [0.5, 0.6) is 0 Å². The molecular weight excluding hydrogens is 448 g/mol. The third-order valence-electron chi connectivity index (χ3n) is 7.99. The smallest absolute Gasteiger partial charge is 0.118 e. The molecule has 6 rings (SSSR count). The summed E-state index contributed by atoms with van der Waals surface area (Å²) in [5, 5.41) is 0. The van der Waals surface area contributed by atoms with Crippen LogP contribution in [0.4, 0.5) is 0 Å². The van der Waals surface area contributed by atoms with E-state index in [-0.39, 0.29) is 11.2 Å². The average Bonchev–Trinajstić information content (AvgIpc) is 3.51. The van der Waals surface area contributed by atoms with E-state index < -0.39 is 0 Å². The van der Waals surface area contributed by atoms with Crippen LogP contribution in [0.25, 0.3) is 0 Å². The highest BCUT2D eigenvalue weighted by Gasteiger charge is 2.43. The van der Waals surface area contributed by atoms with E-state index >= 15 is 0 Å². The molecule has 35 heavy (non-hydrogen) atoms. The molecule has 0 N–H and O–H groups in total. The molecule has 2 aliphatic rings. The molecule has 4 aromatic carbocycles. The monoisotopic (exact) mass is 478 g/mol. The molecule has 0 bridgehead atoms. The Hall–Kier alpha value is -2.85. The van der Waals surface area contributed by atoms with Crippen LogP contribution < -0.4 is 0 Å². The van der Waals surface area contributed by atoms with Crippen LogP contribution in [0.1, 0.15) is 46.2 Å². The highest BCUT2D eigenvalue weighted by Crippen LogP contribution is 2.51. The summed E-state index contributed by atoms with van der Waals surface area (Å²) in [5.41, 5.74) is 7.17. The summed E-state index contributed by atoms with van der Waals surface area (Å²) in [6.45, 7) is 0. The lowest BCUT2D eigenvalue weighted by molar-refractivity contribution is 0.0237. The lowest BCUT2D eigenvalue weighted by Crippen LogP contribution is -2.27. The molecule has 2 nitrogen and oxygen atoms in total. The van der Waals surface area contributed by atoms with Crippen LogP contribution in [0.2, 0.25) is 0 Å². The Balaban J connectivity index is 1.40. The zero-order chi connectivity index (χ0) is 23.9. The summed E-state index contributed by atoms with van der Waals surface area (Å²) in [6.07, 6.45) is 3.97. The van der Waals surface area contributed by atoms with Crippen molar-refractivity contribution in [3.8, 4) is 0 Å². The molecule has 2 aliphatic carbocycles. The van der Waals surface area contributed by atoms with Gasteiger partial charge in [0.25, 0.3) is 0 Å². The summed E-state index contributed by atoms with van der Waals surface area (Å²) in [4.78, 5) is 2.67. The van der Waals surface area contributed by atoms with Crippen LogP contribution in [-0.2, 0) is 33.5 Å². The van der Waals surface area contributed by atoms with E-state index in [4.69, 9.17) is 9.47 Å². The van der Waals surface area contributed by atoms with E-state index in [1.54, 1.807) is 0 Å². The van der Waals surface area contributed by atoms with Gasteiger partial charge >= 0.3 is 0 Å². The summed E-state index contributed by atoms with van der Waals surface area (Å²) in [7, 11) is 3.69. The Morgan fingerprint density at radius 3 is 1.37 bits per heavy atom. The van der Waals surface area contributed by atoms with E-state index in [9.17, 15) is 0 Å². The first kappa shape index (κ1) is 22.6. The summed E-state index contributed by atoms with van der Waals surface area (Å²) >= 11 is 1.90. The maximum absolute atomic E-state index is 6.26. The van der Waals surface area contributed by atoms with Crippen molar-refractivity contribution in [3.63, 3.8) is 0 Å². The van der Waals surface area contributed by atoms with Gasteiger partial charge in [-0.2, -0.15) is 0 Å². The standard InChI is InChI=1S/C32H30O2S/c1-33-31(23-11-5-3-6-12-23)21-19-25-27(31)15-9-17-29(25)35-30-18-10-16-28-26(30)20-22-32(28,34-2)24-13-7-4-8-14-24/h3-18H,19-22H2,1-2H3. The first-order chi connectivity index (χ1) is 17.2. The number of benzene rings is 4. The molecule has 0 aromatic heterocycles. The largest absolute Gasteiger partial charge is 0.369 e. The van der Waals surface area contributed by atoms with Crippen molar-refractivity contribution in [3.05, 3.63) is 130 Å². The van der Waals surface area contributed by atoms with Crippen molar-refractivity contribution in [2.75, 3.05) is 14.2 Å². The summed E-state index contributed by atoms with van der Waals surface area (Å²) in [5.74, 6) is 0. The van der Waals surface area contributed by atoms with E-state index in [0.717, 1.165) is 25.7 Å². The van der Waals surface area contributed by atoms with Gasteiger partial charge in [0, 0.05) is 24.0 Å². The second-order valence-corrected chi connectivity index (χ2v) is 10.5. The molecule has 0 saturated heterocycles. The number of ether oxygens (including phenoxy) is 2. The van der Waals surface area contributed by atoms with E-state index in [1.807, 2.05) is 26.0 Å². The maximum Gasteiger partial charge on any atom is 0.118 e. The fourth-order valence-electron chi connectivity index (χ4n) is 6.26. The fraction of sp³-hybridized carbons (Fsp3) is 0.250. The number of fused-ring (bicyclic) bond motifs is 2. The van der Waals surface area contributed by atoms with Crippen molar-refractivity contribution in [2.45, 2.75) is 46.7 Å². The summed E-state index contributed by atoms with van der Waals surface area (Å²) in [6, 6.07) is 34.8. The molecule has 0 heterocycles. The highest BCUT2D eigenvalue weighted by molar-refractivity contribution is 7.99. The number of hydrogen-bond acceptors (Lipinski definition) is 3. The quantitative estimate of drug-likeness (QED) is 0.286. The molecule has 0 amide bonds. The molecule has 0 spiro atoms.